The smallest absolute Gasteiger partial charge is 0.108 e. The summed E-state index contributed by atoms with van der Waals surface area (Å²) in [6.45, 7) is 2.83. The van der Waals surface area contributed by atoms with E-state index in [-0.39, 0.29) is 6.04 Å². The highest BCUT2D eigenvalue weighted by Crippen LogP contribution is 2.21. The van der Waals surface area contributed by atoms with Crippen molar-refractivity contribution in [3.05, 3.63) is 29.3 Å². The van der Waals surface area contributed by atoms with Gasteiger partial charge in [0.2, 0.25) is 0 Å². The van der Waals surface area contributed by atoms with Gasteiger partial charge in [0.1, 0.15) is 5.01 Å². The molecule has 0 spiro atoms. The third-order valence-corrected chi connectivity index (χ3v) is 3.48. The Morgan fingerprint density at radius 3 is 3.00 bits per heavy atom. The summed E-state index contributed by atoms with van der Waals surface area (Å²) >= 11 is 1.72. The van der Waals surface area contributed by atoms with E-state index in [0.717, 1.165) is 23.5 Å². The molecule has 0 aliphatic heterocycles. The summed E-state index contributed by atoms with van der Waals surface area (Å²) in [7, 11) is 0. The molecule has 1 N–H and O–H groups in total. The van der Waals surface area contributed by atoms with Crippen LogP contribution in [-0.2, 0) is 6.54 Å². The number of para-hydroxylation sites is 1. The van der Waals surface area contributed by atoms with Gasteiger partial charge >= 0.3 is 0 Å². The number of rotatable bonds is 4. The molecule has 1 aromatic heterocycles. The Bertz CT molecular complexity index is 477. The fraction of sp³-hybridized carbons (Fsp3) is 0.308. The molecule has 1 atom stereocenters. The van der Waals surface area contributed by atoms with Crippen LogP contribution in [0.2, 0.25) is 0 Å². The summed E-state index contributed by atoms with van der Waals surface area (Å²) in [5, 5.41) is 4.40. The SMILES string of the molecule is C#CC(CC)NCc1nc2ccccc2s1. The molecule has 2 aromatic rings. The largest absolute Gasteiger partial charge is 0.297 e. The second-order valence-electron chi connectivity index (χ2n) is 3.58. The molecule has 0 saturated carbocycles. The van der Waals surface area contributed by atoms with Gasteiger partial charge in [-0.25, -0.2) is 4.98 Å². The summed E-state index contributed by atoms with van der Waals surface area (Å²) < 4.78 is 1.23. The highest BCUT2D eigenvalue weighted by Gasteiger charge is 2.05. The van der Waals surface area contributed by atoms with Crippen LogP contribution in [0.4, 0.5) is 0 Å². The lowest BCUT2D eigenvalue weighted by atomic mass is 10.2. The molecule has 0 saturated heterocycles. The van der Waals surface area contributed by atoms with Crippen molar-refractivity contribution in [3.8, 4) is 12.3 Å². The lowest BCUT2D eigenvalue weighted by molar-refractivity contribution is 0.591. The standard InChI is InChI=1S/C13H14N2S/c1-3-10(4-2)14-9-13-15-11-7-5-6-8-12(11)16-13/h1,5-8,10,14H,4,9H2,2H3. The Balaban J connectivity index is 2.08. The number of terminal acetylenes is 1. The molecule has 2 nitrogen and oxygen atoms in total. The van der Waals surface area contributed by atoms with E-state index in [1.807, 2.05) is 18.2 Å². The van der Waals surface area contributed by atoms with E-state index in [2.05, 4.69) is 29.2 Å². The van der Waals surface area contributed by atoms with E-state index in [1.54, 1.807) is 11.3 Å². The molecule has 3 heteroatoms. The average molecular weight is 230 g/mol. The first-order valence-electron chi connectivity index (χ1n) is 5.37. The first-order valence-corrected chi connectivity index (χ1v) is 6.19. The molecule has 2 rings (SSSR count). The van der Waals surface area contributed by atoms with Crippen molar-refractivity contribution in [2.45, 2.75) is 25.9 Å². The molecule has 0 radical (unpaired) electrons. The quantitative estimate of drug-likeness (QED) is 0.817. The minimum atomic E-state index is 0.145. The van der Waals surface area contributed by atoms with Gasteiger partial charge in [0.25, 0.3) is 0 Å². The second kappa shape index (κ2) is 5.11. The van der Waals surface area contributed by atoms with Gasteiger partial charge in [-0.3, -0.25) is 5.32 Å². The normalized spacial score (nSPS) is 12.5. The van der Waals surface area contributed by atoms with Crippen LogP contribution in [0.1, 0.15) is 18.4 Å². The van der Waals surface area contributed by atoms with Gasteiger partial charge in [0.05, 0.1) is 16.3 Å². The lowest BCUT2D eigenvalue weighted by Gasteiger charge is -2.07. The van der Waals surface area contributed by atoms with Gasteiger partial charge in [-0.15, -0.1) is 17.8 Å². The zero-order valence-corrected chi connectivity index (χ0v) is 10.1. The van der Waals surface area contributed by atoms with Crippen LogP contribution >= 0.6 is 11.3 Å². The topological polar surface area (TPSA) is 24.9 Å². The monoisotopic (exact) mass is 230 g/mol. The van der Waals surface area contributed by atoms with Crippen molar-refractivity contribution in [1.29, 1.82) is 0 Å². The maximum atomic E-state index is 5.39. The van der Waals surface area contributed by atoms with Gasteiger partial charge in [0, 0.05) is 6.54 Å². The third-order valence-electron chi connectivity index (χ3n) is 2.45. The van der Waals surface area contributed by atoms with Crippen LogP contribution in [0.25, 0.3) is 10.2 Å². The Hall–Kier alpha value is -1.37. The number of hydrogen-bond acceptors (Lipinski definition) is 3. The first kappa shape index (κ1) is 11.1. The van der Waals surface area contributed by atoms with E-state index >= 15 is 0 Å². The van der Waals surface area contributed by atoms with Crippen LogP contribution in [-0.4, -0.2) is 11.0 Å². The van der Waals surface area contributed by atoms with E-state index in [9.17, 15) is 0 Å². The van der Waals surface area contributed by atoms with E-state index in [0.29, 0.717) is 0 Å². The van der Waals surface area contributed by atoms with Crippen molar-refractivity contribution >= 4 is 21.6 Å². The molecule has 0 fully saturated rings. The Kier molecular flexibility index (Phi) is 3.55. The van der Waals surface area contributed by atoms with Gasteiger partial charge in [-0.05, 0) is 18.6 Å². The zero-order chi connectivity index (χ0) is 11.4. The maximum absolute atomic E-state index is 5.39. The van der Waals surface area contributed by atoms with Crippen LogP contribution in [0.15, 0.2) is 24.3 Å². The minimum absolute atomic E-state index is 0.145. The third kappa shape index (κ3) is 2.41. The molecule has 16 heavy (non-hydrogen) atoms. The zero-order valence-electron chi connectivity index (χ0n) is 9.23. The predicted octanol–water partition coefficient (Wildman–Crippen LogP) is 2.80. The predicted molar refractivity (Wildman–Crippen MR) is 69.4 cm³/mol. The average Bonchev–Trinajstić information content (AvgIpc) is 2.73. The summed E-state index contributed by atoms with van der Waals surface area (Å²) in [5.41, 5.74) is 1.07. The Labute approximate surface area is 99.7 Å². The lowest BCUT2D eigenvalue weighted by Crippen LogP contribution is -2.25. The number of aromatic nitrogens is 1. The fourth-order valence-corrected chi connectivity index (χ4v) is 2.45. The number of nitrogens with zero attached hydrogens (tertiary/aromatic N) is 1. The van der Waals surface area contributed by atoms with Crippen LogP contribution in [0.5, 0.6) is 0 Å². The number of hydrogen-bond donors (Lipinski definition) is 1. The molecule has 1 heterocycles. The van der Waals surface area contributed by atoms with Gasteiger partial charge in [0.15, 0.2) is 0 Å². The summed E-state index contributed by atoms with van der Waals surface area (Å²) in [6, 6.07) is 8.32. The molecule has 1 aromatic carbocycles. The van der Waals surface area contributed by atoms with Crippen LogP contribution in [0, 0.1) is 12.3 Å². The Morgan fingerprint density at radius 2 is 2.31 bits per heavy atom. The number of thiazole rings is 1. The number of fused-ring (bicyclic) bond motifs is 1. The molecular weight excluding hydrogens is 216 g/mol. The van der Waals surface area contributed by atoms with Gasteiger partial charge in [-0.2, -0.15) is 0 Å². The highest BCUT2D eigenvalue weighted by molar-refractivity contribution is 7.18. The molecule has 0 amide bonds. The van der Waals surface area contributed by atoms with Crippen LogP contribution < -0.4 is 5.32 Å². The van der Waals surface area contributed by atoms with E-state index in [1.165, 1.54) is 4.70 Å². The molecule has 0 aliphatic rings. The van der Waals surface area contributed by atoms with Crippen LogP contribution in [0.3, 0.4) is 0 Å². The van der Waals surface area contributed by atoms with Gasteiger partial charge < -0.3 is 0 Å². The molecule has 0 bridgehead atoms. The molecule has 82 valence electrons. The number of benzene rings is 1. The highest BCUT2D eigenvalue weighted by atomic mass is 32.1. The van der Waals surface area contributed by atoms with E-state index in [4.69, 9.17) is 6.42 Å². The Morgan fingerprint density at radius 1 is 1.50 bits per heavy atom. The second-order valence-corrected chi connectivity index (χ2v) is 4.70. The molecule has 0 aliphatic carbocycles. The first-order chi connectivity index (χ1) is 7.83. The molecule has 1 unspecified atom stereocenters. The molecular formula is C13H14N2S. The van der Waals surface area contributed by atoms with Gasteiger partial charge in [-0.1, -0.05) is 25.0 Å². The summed E-state index contributed by atoms with van der Waals surface area (Å²) in [4.78, 5) is 4.54. The number of nitrogens with one attached hydrogen (secondary N) is 1. The maximum Gasteiger partial charge on any atom is 0.108 e. The fourth-order valence-electron chi connectivity index (χ4n) is 1.53. The van der Waals surface area contributed by atoms with Crippen molar-refractivity contribution in [2.75, 3.05) is 0 Å². The van der Waals surface area contributed by atoms with Crippen molar-refractivity contribution in [3.63, 3.8) is 0 Å². The van der Waals surface area contributed by atoms with Crippen molar-refractivity contribution in [2.24, 2.45) is 0 Å². The summed E-state index contributed by atoms with van der Waals surface area (Å²) in [5.74, 6) is 2.72. The van der Waals surface area contributed by atoms with E-state index < -0.39 is 0 Å². The minimum Gasteiger partial charge on any atom is -0.297 e. The van der Waals surface area contributed by atoms with Crippen molar-refractivity contribution < 1.29 is 0 Å². The van der Waals surface area contributed by atoms with Crippen molar-refractivity contribution in [1.82, 2.24) is 10.3 Å². The summed E-state index contributed by atoms with van der Waals surface area (Å²) in [6.07, 6.45) is 6.34.